The first kappa shape index (κ1) is 33.9. The maximum Gasteiger partial charge on any atom is 0.491 e. The molecule has 0 saturated heterocycles. The van der Waals surface area contributed by atoms with Crippen LogP contribution >= 0.6 is 0 Å². The molecule has 0 spiro atoms. The van der Waals surface area contributed by atoms with Gasteiger partial charge in [-0.25, -0.2) is 9.78 Å². The third-order valence-electron chi connectivity index (χ3n) is 8.42. The van der Waals surface area contributed by atoms with E-state index in [9.17, 15) is 35.9 Å². The molecule has 1 aliphatic carbocycles. The zero-order valence-corrected chi connectivity index (χ0v) is 25.5. The number of fused-ring (bicyclic) bond motifs is 1. The number of nitrogens with zero attached hydrogens (tertiary/aromatic N) is 5. The maximum absolute atomic E-state index is 14.6. The third-order valence-corrected chi connectivity index (χ3v) is 8.42. The summed E-state index contributed by atoms with van der Waals surface area (Å²) in [7, 11) is 1.69. The molecule has 5 rings (SSSR count). The number of rotatable bonds is 10. The number of nitrogens with two attached hydrogens (primary N) is 1. The van der Waals surface area contributed by atoms with Crippen LogP contribution < -0.4 is 10.6 Å². The lowest BCUT2D eigenvalue weighted by atomic mass is 9.58. The number of ether oxygens (including phenoxy) is 1. The number of halogens is 6. The van der Waals surface area contributed by atoms with Crippen LogP contribution in [0.2, 0.25) is 0 Å². The molecular weight excluding hydrogens is 630 g/mol. The highest BCUT2D eigenvalue weighted by Gasteiger charge is 2.52. The number of aromatic nitrogens is 3. The van der Waals surface area contributed by atoms with Crippen LogP contribution in [-0.4, -0.2) is 57.4 Å². The minimum Gasteiger partial charge on any atom is -0.430 e. The van der Waals surface area contributed by atoms with Gasteiger partial charge in [0, 0.05) is 37.0 Å². The minimum absolute atomic E-state index is 0.0387. The average Bonchev–Trinajstić information content (AvgIpc) is 3.53. The molecular formula is C32H32F6N6O3. The molecule has 47 heavy (non-hydrogen) atoms. The van der Waals surface area contributed by atoms with Crippen molar-refractivity contribution in [2.45, 2.75) is 56.7 Å². The SMILES string of the molecule is C#CCN(CCCN)Cc1cc2c(c(C(F)(F)F)c1)C(OC(=O)C(F)(F)F)N(c1cccc(C3(c4ncn(C)n4)CC(C)C3)c1)C2=O. The van der Waals surface area contributed by atoms with E-state index in [4.69, 9.17) is 16.9 Å². The summed E-state index contributed by atoms with van der Waals surface area (Å²) in [6.07, 6.45) is -4.37. The summed E-state index contributed by atoms with van der Waals surface area (Å²) in [4.78, 5) is 32.9. The Labute approximate surface area is 266 Å². The Morgan fingerprint density at radius 2 is 1.91 bits per heavy atom. The van der Waals surface area contributed by atoms with Gasteiger partial charge in [0.25, 0.3) is 5.91 Å². The van der Waals surface area contributed by atoms with E-state index in [0.29, 0.717) is 48.6 Å². The van der Waals surface area contributed by atoms with E-state index in [1.54, 1.807) is 18.0 Å². The van der Waals surface area contributed by atoms with Crippen molar-refractivity contribution in [3.8, 4) is 12.3 Å². The number of benzene rings is 2. The van der Waals surface area contributed by atoms with Crippen molar-refractivity contribution in [1.29, 1.82) is 0 Å². The average molecular weight is 663 g/mol. The quantitative estimate of drug-likeness (QED) is 0.183. The number of amides is 1. The first-order chi connectivity index (χ1) is 22.1. The Morgan fingerprint density at radius 1 is 1.19 bits per heavy atom. The normalized spacial score (nSPS) is 21.0. The minimum atomic E-state index is -5.55. The van der Waals surface area contributed by atoms with Crippen LogP contribution in [0.4, 0.5) is 32.0 Å². The van der Waals surface area contributed by atoms with Crippen LogP contribution in [0.25, 0.3) is 0 Å². The number of carbonyl (C=O) groups is 2. The molecule has 1 amide bonds. The molecule has 1 atom stereocenters. The summed E-state index contributed by atoms with van der Waals surface area (Å²) < 4.78 is 90.6. The number of anilines is 1. The standard InChI is InChI=1S/C32H32F6N6O3/c1-4-10-43(11-6-9-39)17-20-12-23-25(24(13-20)31(33,34)35)27(47-29(46)32(36,37)38)44(26(23)45)22-8-5-7-21(14-22)30(15-19(2)16-30)28-40-18-42(3)41-28/h1,5,7-8,12-14,18-19,27H,6,9-11,15-17,39H2,2-3H3. The van der Waals surface area contributed by atoms with Crippen molar-refractivity contribution in [3.05, 3.63) is 76.4 Å². The summed E-state index contributed by atoms with van der Waals surface area (Å²) in [5, 5.41) is 4.46. The first-order valence-electron chi connectivity index (χ1n) is 14.8. The highest BCUT2D eigenvalue weighted by Crippen LogP contribution is 2.52. The van der Waals surface area contributed by atoms with Gasteiger partial charge < -0.3 is 10.5 Å². The number of hydrogen-bond donors (Lipinski definition) is 1. The summed E-state index contributed by atoms with van der Waals surface area (Å²) in [6, 6.07) is 8.03. The molecule has 2 N–H and O–H groups in total. The van der Waals surface area contributed by atoms with Crippen molar-refractivity contribution in [1.82, 2.24) is 19.7 Å². The van der Waals surface area contributed by atoms with Gasteiger partial charge in [-0.05, 0) is 67.1 Å². The molecule has 2 heterocycles. The first-order valence-corrected chi connectivity index (χ1v) is 14.8. The number of hydrogen-bond acceptors (Lipinski definition) is 7. The number of alkyl halides is 6. The van der Waals surface area contributed by atoms with Gasteiger partial charge in [-0.2, -0.15) is 31.4 Å². The molecule has 0 bridgehead atoms. The molecule has 1 aromatic heterocycles. The molecule has 1 saturated carbocycles. The smallest absolute Gasteiger partial charge is 0.430 e. The van der Waals surface area contributed by atoms with Crippen LogP contribution in [0.15, 0.2) is 42.7 Å². The Hall–Kier alpha value is -4.42. The fraction of sp³-hybridized carbons (Fsp3) is 0.438. The van der Waals surface area contributed by atoms with Gasteiger partial charge >= 0.3 is 18.3 Å². The monoisotopic (exact) mass is 662 g/mol. The molecule has 1 aliphatic heterocycles. The van der Waals surface area contributed by atoms with Crippen molar-refractivity contribution >= 4 is 17.6 Å². The number of esters is 1. The summed E-state index contributed by atoms with van der Waals surface area (Å²) >= 11 is 0. The summed E-state index contributed by atoms with van der Waals surface area (Å²) in [5.41, 5.74) is 2.61. The predicted molar refractivity (Wildman–Crippen MR) is 158 cm³/mol. The zero-order chi connectivity index (χ0) is 34.3. The summed E-state index contributed by atoms with van der Waals surface area (Å²) in [5.74, 6) is -0.624. The molecule has 250 valence electrons. The van der Waals surface area contributed by atoms with E-state index in [1.165, 1.54) is 35.3 Å². The van der Waals surface area contributed by atoms with Gasteiger partial charge in [-0.1, -0.05) is 25.0 Å². The van der Waals surface area contributed by atoms with Crippen LogP contribution in [0, 0.1) is 18.3 Å². The van der Waals surface area contributed by atoms with E-state index < -0.39 is 52.6 Å². The lowest BCUT2D eigenvalue weighted by molar-refractivity contribution is -0.205. The molecule has 0 radical (unpaired) electrons. The fourth-order valence-corrected chi connectivity index (χ4v) is 6.49. The van der Waals surface area contributed by atoms with Gasteiger partial charge in [-0.3, -0.25) is 19.3 Å². The van der Waals surface area contributed by atoms with E-state index in [-0.39, 0.29) is 30.3 Å². The van der Waals surface area contributed by atoms with E-state index in [0.717, 1.165) is 6.07 Å². The Morgan fingerprint density at radius 3 is 2.49 bits per heavy atom. The maximum atomic E-state index is 14.6. The van der Waals surface area contributed by atoms with Gasteiger partial charge in [0.1, 0.15) is 6.33 Å². The van der Waals surface area contributed by atoms with E-state index in [1.807, 2.05) is 6.92 Å². The molecule has 2 aromatic carbocycles. The number of carbonyl (C=O) groups excluding carboxylic acids is 2. The van der Waals surface area contributed by atoms with Crippen LogP contribution in [0.3, 0.4) is 0 Å². The Bertz CT molecular complexity index is 1710. The van der Waals surface area contributed by atoms with E-state index >= 15 is 0 Å². The van der Waals surface area contributed by atoms with Crippen molar-refractivity contribution < 1.29 is 40.7 Å². The van der Waals surface area contributed by atoms with Gasteiger partial charge in [0.05, 0.1) is 17.5 Å². The second-order valence-electron chi connectivity index (χ2n) is 12.0. The largest absolute Gasteiger partial charge is 0.491 e. The van der Waals surface area contributed by atoms with E-state index in [2.05, 4.69) is 16.0 Å². The fourth-order valence-electron chi connectivity index (χ4n) is 6.49. The molecule has 1 unspecified atom stereocenters. The van der Waals surface area contributed by atoms with Crippen molar-refractivity contribution in [2.75, 3.05) is 24.5 Å². The lowest BCUT2D eigenvalue weighted by Gasteiger charge is -2.45. The molecule has 1 fully saturated rings. The van der Waals surface area contributed by atoms with Gasteiger partial charge in [-0.15, -0.1) is 6.42 Å². The molecule has 3 aromatic rings. The zero-order valence-electron chi connectivity index (χ0n) is 25.5. The van der Waals surface area contributed by atoms with Gasteiger partial charge in [0.2, 0.25) is 6.23 Å². The highest BCUT2D eigenvalue weighted by molar-refractivity contribution is 6.11. The Kier molecular flexibility index (Phi) is 9.13. The lowest BCUT2D eigenvalue weighted by Crippen LogP contribution is -2.42. The van der Waals surface area contributed by atoms with Crippen LogP contribution in [0.1, 0.15) is 70.9 Å². The topological polar surface area (TPSA) is 107 Å². The second-order valence-corrected chi connectivity index (χ2v) is 12.0. The molecule has 2 aliphatic rings. The third kappa shape index (κ3) is 6.57. The van der Waals surface area contributed by atoms with Crippen LogP contribution in [-0.2, 0) is 34.7 Å². The molecule has 15 heteroatoms. The highest BCUT2D eigenvalue weighted by atomic mass is 19.4. The Balaban J connectivity index is 1.64. The number of aryl methyl sites for hydroxylation is 1. The van der Waals surface area contributed by atoms with Crippen molar-refractivity contribution in [2.24, 2.45) is 18.7 Å². The molecule has 9 nitrogen and oxygen atoms in total. The number of terminal acetylenes is 1. The second kappa shape index (κ2) is 12.6. The van der Waals surface area contributed by atoms with Crippen LogP contribution in [0.5, 0.6) is 0 Å². The predicted octanol–water partition coefficient (Wildman–Crippen LogP) is 5.10. The van der Waals surface area contributed by atoms with Gasteiger partial charge in [0.15, 0.2) is 5.82 Å². The summed E-state index contributed by atoms with van der Waals surface area (Å²) in [6.45, 7) is 2.64. The van der Waals surface area contributed by atoms with Crippen molar-refractivity contribution in [3.63, 3.8) is 0 Å².